The van der Waals surface area contributed by atoms with Gasteiger partial charge >= 0.3 is 7.12 Å². The van der Waals surface area contributed by atoms with Crippen molar-refractivity contribution in [3.05, 3.63) is 29.9 Å². The Morgan fingerprint density at radius 1 is 1.13 bits per heavy atom. The zero-order valence-corrected chi connectivity index (χ0v) is 14.0. The van der Waals surface area contributed by atoms with Crippen LogP contribution in [0.15, 0.2) is 24.3 Å². The lowest BCUT2D eigenvalue weighted by atomic mass is 9.89. The molecule has 7 nitrogen and oxygen atoms in total. The summed E-state index contributed by atoms with van der Waals surface area (Å²) in [5, 5.41) is 11.3. The Kier molecular flexibility index (Phi) is 3.81. The van der Waals surface area contributed by atoms with Crippen LogP contribution < -0.4 is 0 Å². The largest absolute Gasteiger partial charge is 0.487 e. The van der Waals surface area contributed by atoms with Gasteiger partial charge in [-0.25, -0.2) is 4.68 Å². The van der Waals surface area contributed by atoms with E-state index in [2.05, 4.69) is 20.5 Å². The van der Waals surface area contributed by atoms with E-state index in [4.69, 9.17) is 9.31 Å². The van der Waals surface area contributed by atoms with E-state index in [-0.39, 0.29) is 18.3 Å². The number of hydrogen-bond donors (Lipinski definition) is 0. The minimum absolute atomic E-state index is 0.331. The number of pyridine rings is 1. The summed E-state index contributed by atoms with van der Waals surface area (Å²) >= 11 is 0. The van der Waals surface area contributed by atoms with E-state index < -0.39 is 0 Å². The molecule has 23 heavy (non-hydrogen) atoms. The normalized spacial score (nSPS) is 19.6. The summed E-state index contributed by atoms with van der Waals surface area (Å²) in [7, 11) is 1.42. The van der Waals surface area contributed by atoms with Crippen molar-refractivity contribution in [1.29, 1.82) is 0 Å². The molecule has 8 heteroatoms. The Morgan fingerprint density at radius 2 is 1.83 bits per heavy atom. The second-order valence-electron chi connectivity index (χ2n) is 6.59. The van der Waals surface area contributed by atoms with Gasteiger partial charge in [0, 0.05) is 13.2 Å². The Bertz CT molecular complexity index is 708. The maximum atomic E-state index is 5.92. The summed E-state index contributed by atoms with van der Waals surface area (Å²) in [6.45, 7) is 8.14. The van der Waals surface area contributed by atoms with E-state index in [1.165, 1.54) is 0 Å². The first-order valence-electron chi connectivity index (χ1n) is 7.51. The molecule has 0 unspecified atom stereocenters. The highest BCUT2D eigenvalue weighted by molar-refractivity contribution is 6.52. The van der Waals surface area contributed by atoms with Crippen LogP contribution in [0.2, 0.25) is 0 Å². The maximum Gasteiger partial charge on any atom is 0.487 e. The molecule has 3 rings (SSSR count). The zero-order chi connectivity index (χ0) is 16.7. The molecule has 120 valence electrons. The van der Waals surface area contributed by atoms with Gasteiger partial charge in [-0.1, -0.05) is 18.1 Å². The van der Waals surface area contributed by atoms with Crippen LogP contribution in [0, 0.1) is 0 Å². The summed E-state index contributed by atoms with van der Waals surface area (Å²) in [6, 6.07) is 3.84. The Balaban J connectivity index is 1.71. The lowest BCUT2D eigenvalue weighted by Gasteiger charge is -2.32. The molecule has 0 aliphatic carbocycles. The van der Waals surface area contributed by atoms with Crippen molar-refractivity contribution in [1.82, 2.24) is 25.2 Å². The van der Waals surface area contributed by atoms with Crippen LogP contribution in [0.1, 0.15) is 33.3 Å². The smallest absolute Gasteiger partial charge is 0.400 e. The molecular formula is C15H20BN5O2. The van der Waals surface area contributed by atoms with Crippen molar-refractivity contribution in [2.75, 3.05) is 0 Å². The second kappa shape index (κ2) is 5.54. The highest BCUT2D eigenvalue weighted by Gasteiger charge is 2.49. The van der Waals surface area contributed by atoms with Gasteiger partial charge in [-0.3, -0.25) is 4.98 Å². The molecule has 0 bridgehead atoms. The lowest BCUT2D eigenvalue weighted by Crippen LogP contribution is -2.41. The molecular weight excluding hydrogens is 293 g/mol. The number of aromatic nitrogens is 5. The van der Waals surface area contributed by atoms with Gasteiger partial charge in [-0.2, -0.15) is 0 Å². The fraction of sp³-hybridized carbons (Fsp3) is 0.467. The van der Waals surface area contributed by atoms with Crippen LogP contribution in [-0.4, -0.2) is 43.5 Å². The molecule has 2 aromatic rings. The molecule has 3 heterocycles. The van der Waals surface area contributed by atoms with Crippen LogP contribution >= 0.6 is 0 Å². The van der Waals surface area contributed by atoms with Crippen LogP contribution in [0.4, 0.5) is 0 Å². The fourth-order valence-corrected chi connectivity index (χ4v) is 2.24. The molecule has 0 radical (unpaired) electrons. The van der Waals surface area contributed by atoms with Gasteiger partial charge in [0.05, 0.1) is 11.2 Å². The van der Waals surface area contributed by atoms with Crippen LogP contribution in [0.3, 0.4) is 0 Å². The molecule has 0 spiro atoms. The van der Waals surface area contributed by atoms with Gasteiger partial charge in [0.15, 0.2) is 5.82 Å². The average Bonchev–Trinajstić information content (AvgIpc) is 2.98. The summed E-state index contributed by atoms with van der Waals surface area (Å²) < 4.78 is 13.4. The van der Waals surface area contributed by atoms with Crippen molar-refractivity contribution in [3.63, 3.8) is 0 Å². The molecule has 0 atom stereocenters. The topological polar surface area (TPSA) is 75.0 Å². The quantitative estimate of drug-likeness (QED) is 0.806. The van der Waals surface area contributed by atoms with Crippen molar-refractivity contribution in [2.45, 2.75) is 38.9 Å². The molecule has 2 aromatic heterocycles. The van der Waals surface area contributed by atoms with E-state index in [1.807, 2.05) is 51.9 Å². The van der Waals surface area contributed by atoms with E-state index in [9.17, 15) is 0 Å². The molecule has 0 N–H and O–H groups in total. The number of rotatable bonds is 3. The molecule has 1 aliphatic rings. The van der Waals surface area contributed by atoms with Crippen molar-refractivity contribution < 1.29 is 9.31 Å². The first-order valence-corrected chi connectivity index (χ1v) is 7.51. The van der Waals surface area contributed by atoms with Gasteiger partial charge in [0.25, 0.3) is 0 Å². The van der Waals surface area contributed by atoms with Crippen LogP contribution in [-0.2, 0) is 16.4 Å². The predicted molar refractivity (Wildman–Crippen MR) is 87.1 cm³/mol. The fourth-order valence-electron chi connectivity index (χ4n) is 2.24. The first-order chi connectivity index (χ1) is 10.8. The molecule has 0 aromatic carbocycles. The summed E-state index contributed by atoms with van der Waals surface area (Å²) in [5.74, 6) is 2.53. The summed E-state index contributed by atoms with van der Waals surface area (Å²) in [6.07, 6.45) is 3.71. The van der Waals surface area contributed by atoms with Gasteiger partial charge in [-0.15, -0.1) is 5.10 Å². The van der Waals surface area contributed by atoms with Gasteiger partial charge in [-0.05, 0) is 49.8 Å². The summed E-state index contributed by atoms with van der Waals surface area (Å²) in [4.78, 5) is 4.39. The van der Waals surface area contributed by atoms with Crippen LogP contribution in [0.25, 0.3) is 17.6 Å². The summed E-state index contributed by atoms with van der Waals surface area (Å²) in [5.41, 5.74) is 1.02. The standard InChI is InChI=1S/C15H20BN5O2/c1-14(2)15(3,4)23-16(22-14)9-8-11-6-7-12(17-10-11)13-18-19-20-21(13)5/h6-10H,1-5H3. The Hall–Kier alpha value is -2.06. The predicted octanol–water partition coefficient (Wildman–Crippen LogP) is 1.92. The molecule has 1 saturated heterocycles. The lowest BCUT2D eigenvalue weighted by molar-refractivity contribution is 0.00578. The van der Waals surface area contributed by atoms with E-state index in [0.717, 1.165) is 11.3 Å². The number of hydrogen-bond acceptors (Lipinski definition) is 6. The molecule has 1 aliphatic heterocycles. The SMILES string of the molecule is Cn1nnnc1-c1ccc(C=CB2OC(C)(C)C(C)(C)O2)cn1. The van der Waals surface area contributed by atoms with Gasteiger partial charge in [0.2, 0.25) is 0 Å². The molecule has 0 saturated carbocycles. The Labute approximate surface area is 135 Å². The van der Waals surface area contributed by atoms with E-state index in [0.29, 0.717) is 5.82 Å². The van der Waals surface area contributed by atoms with Gasteiger partial charge < -0.3 is 9.31 Å². The highest BCUT2D eigenvalue weighted by Crippen LogP contribution is 2.37. The maximum absolute atomic E-state index is 5.92. The third-order valence-electron chi connectivity index (χ3n) is 4.35. The van der Waals surface area contributed by atoms with Crippen molar-refractivity contribution >= 4 is 13.2 Å². The highest BCUT2D eigenvalue weighted by atomic mass is 16.7. The second-order valence-corrected chi connectivity index (χ2v) is 6.59. The third kappa shape index (κ3) is 3.04. The van der Waals surface area contributed by atoms with E-state index in [1.54, 1.807) is 17.9 Å². The van der Waals surface area contributed by atoms with Crippen molar-refractivity contribution in [2.24, 2.45) is 7.05 Å². The molecule has 1 fully saturated rings. The number of nitrogens with zero attached hydrogens (tertiary/aromatic N) is 5. The number of tetrazole rings is 1. The first kappa shape index (κ1) is 15.8. The van der Waals surface area contributed by atoms with E-state index >= 15 is 0 Å². The third-order valence-corrected chi connectivity index (χ3v) is 4.35. The minimum atomic E-state index is -0.359. The number of aryl methyl sites for hydroxylation is 1. The Morgan fingerprint density at radius 3 is 2.35 bits per heavy atom. The van der Waals surface area contributed by atoms with Crippen molar-refractivity contribution in [3.8, 4) is 11.5 Å². The zero-order valence-electron chi connectivity index (χ0n) is 14.0. The molecule has 0 amide bonds. The van der Waals surface area contributed by atoms with Crippen LogP contribution in [0.5, 0.6) is 0 Å². The minimum Gasteiger partial charge on any atom is -0.400 e. The monoisotopic (exact) mass is 313 g/mol. The van der Waals surface area contributed by atoms with Gasteiger partial charge in [0.1, 0.15) is 5.69 Å². The average molecular weight is 313 g/mol.